The van der Waals surface area contributed by atoms with Gasteiger partial charge in [-0.2, -0.15) is 4.31 Å². The molecule has 0 radical (unpaired) electrons. The van der Waals surface area contributed by atoms with Crippen molar-refractivity contribution in [2.24, 2.45) is 0 Å². The van der Waals surface area contributed by atoms with Crippen molar-refractivity contribution in [3.8, 4) is 0 Å². The molecule has 154 valence electrons. The van der Waals surface area contributed by atoms with Gasteiger partial charge in [0.25, 0.3) is 0 Å². The van der Waals surface area contributed by atoms with Crippen LogP contribution in [0.2, 0.25) is 10.2 Å². The summed E-state index contributed by atoms with van der Waals surface area (Å²) in [6, 6.07) is 6.70. The highest BCUT2D eigenvalue weighted by molar-refractivity contribution is 7.89. The zero-order valence-corrected chi connectivity index (χ0v) is 18.0. The molecule has 1 aromatic carbocycles. The van der Waals surface area contributed by atoms with Crippen LogP contribution < -0.4 is 4.90 Å². The topological polar surface area (TPSA) is 79.8 Å². The third kappa shape index (κ3) is 3.82. The molecular weight excluding hydrogens is 437 g/mol. The van der Waals surface area contributed by atoms with Crippen LogP contribution in [-0.4, -0.2) is 42.9 Å². The number of aromatic nitrogens is 1. The highest BCUT2D eigenvalue weighted by Crippen LogP contribution is 2.34. The van der Waals surface area contributed by atoms with E-state index in [4.69, 9.17) is 27.9 Å². The van der Waals surface area contributed by atoms with Crippen molar-refractivity contribution in [2.45, 2.75) is 37.3 Å². The van der Waals surface area contributed by atoms with Gasteiger partial charge in [-0.1, -0.05) is 23.2 Å². The van der Waals surface area contributed by atoms with Crippen molar-refractivity contribution in [1.82, 2.24) is 9.29 Å². The number of piperidine rings is 1. The number of amides is 1. The smallest absolute Gasteiger partial charge is 0.414 e. The zero-order valence-electron chi connectivity index (χ0n) is 15.6. The normalized spacial score (nSPS) is 18.4. The molecule has 1 saturated heterocycles. The number of carbonyl (C=O) groups excluding carboxylic acids is 1. The molecule has 1 amide bonds. The van der Waals surface area contributed by atoms with Crippen molar-refractivity contribution in [3.63, 3.8) is 0 Å². The van der Waals surface area contributed by atoms with Crippen LogP contribution in [0, 0.1) is 6.92 Å². The van der Waals surface area contributed by atoms with Gasteiger partial charge < -0.3 is 4.74 Å². The van der Waals surface area contributed by atoms with Gasteiger partial charge in [0.2, 0.25) is 10.0 Å². The largest absolute Gasteiger partial charge is 0.444 e. The van der Waals surface area contributed by atoms with E-state index < -0.39 is 16.1 Å². The molecule has 29 heavy (non-hydrogen) atoms. The Morgan fingerprint density at radius 2 is 1.90 bits per heavy atom. The summed E-state index contributed by atoms with van der Waals surface area (Å²) in [5, 5.41) is 0.861. The van der Waals surface area contributed by atoms with E-state index in [9.17, 15) is 13.2 Å². The fraction of sp³-hybridized carbons (Fsp3) is 0.368. The van der Waals surface area contributed by atoms with Gasteiger partial charge in [-0.3, -0.25) is 4.90 Å². The summed E-state index contributed by atoms with van der Waals surface area (Å²) in [4.78, 5) is 18.1. The Hall–Kier alpha value is -1.87. The number of benzene rings is 1. The molecule has 1 fully saturated rings. The number of nitrogens with zero attached hydrogens (tertiary/aromatic N) is 3. The number of aryl methyl sites for hydroxylation is 1. The van der Waals surface area contributed by atoms with E-state index in [1.807, 2.05) is 6.07 Å². The van der Waals surface area contributed by atoms with Gasteiger partial charge in [-0.15, -0.1) is 0 Å². The molecule has 0 N–H and O–H groups in total. The SMILES string of the molecule is Cc1cc(S(=O)(=O)N2CCC(N3C(=O)OCc4cc(Cl)ccc43)CC2)cnc1Cl. The molecule has 10 heteroatoms. The Kier molecular flexibility index (Phi) is 5.46. The third-order valence-corrected chi connectivity index (χ3v) is 7.76. The molecule has 2 aliphatic rings. The van der Waals surface area contributed by atoms with E-state index in [-0.39, 0.29) is 22.7 Å². The lowest BCUT2D eigenvalue weighted by Gasteiger charge is -2.39. The second kappa shape index (κ2) is 7.75. The first-order chi connectivity index (χ1) is 13.8. The number of hydrogen-bond acceptors (Lipinski definition) is 5. The maximum Gasteiger partial charge on any atom is 0.414 e. The first kappa shape index (κ1) is 20.4. The highest BCUT2D eigenvalue weighted by Gasteiger charge is 2.37. The maximum atomic E-state index is 13.0. The van der Waals surface area contributed by atoms with Crippen LogP contribution in [0.25, 0.3) is 0 Å². The van der Waals surface area contributed by atoms with Crippen molar-refractivity contribution < 1.29 is 17.9 Å². The predicted molar refractivity (Wildman–Crippen MR) is 110 cm³/mol. The second-order valence-electron chi connectivity index (χ2n) is 7.11. The molecule has 7 nitrogen and oxygen atoms in total. The zero-order chi connectivity index (χ0) is 20.8. The lowest BCUT2D eigenvalue weighted by molar-refractivity contribution is 0.136. The summed E-state index contributed by atoms with van der Waals surface area (Å²) < 4.78 is 32.6. The molecule has 0 atom stereocenters. The lowest BCUT2D eigenvalue weighted by atomic mass is 10.0. The van der Waals surface area contributed by atoms with E-state index in [1.165, 1.54) is 16.6 Å². The lowest BCUT2D eigenvalue weighted by Crippen LogP contribution is -2.50. The van der Waals surface area contributed by atoms with Gasteiger partial charge in [0.1, 0.15) is 16.7 Å². The van der Waals surface area contributed by atoms with Crippen LogP contribution in [0.4, 0.5) is 10.5 Å². The summed E-state index contributed by atoms with van der Waals surface area (Å²) in [6.07, 6.45) is 1.85. The standard InChI is InChI=1S/C19H19Cl2N3O4S/c1-12-8-16(10-22-18(12)21)29(26,27)23-6-4-15(5-7-23)24-17-3-2-14(20)9-13(17)11-28-19(24)25/h2-3,8-10,15H,4-7,11H2,1H3. The molecular formula is C19H19Cl2N3O4S. The first-order valence-corrected chi connectivity index (χ1v) is 11.3. The quantitative estimate of drug-likeness (QED) is 0.653. The number of carbonyl (C=O) groups is 1. The van der Waals surface area contributed by atoms with E-state index in [2.05, 4.69) is 4.98 Å². The van der Waals surface area contributed by atoms with Gasteiger partial charge in [0, 0.05) is 35.9 Å². The summed E-state index contributed by atoms with van der Waals surface area (Å²) >= 11 is 12.0. The number of rotatable bonds is 3. The van der Waals surface area contributed by atoms with Crippen molar-refractivity contribution in [3.05, 3.63) is 51.8 Å². The van der Waals surface area contributed by atoms with E-state index in [1.54, 1.807) is 24.0 Å². The van der Waals surface area contributed by atoms with E-state index in [0.717, 1.165) is 11.3 Å². The van der Waals surface area contributed by atoms with Crippen LogP contribution in [-0.2, 0) is 21.4 Å². The van der Waals surface area contributed by atoms with Gasteiger partial charge in [0.05, 0.1) is 5.69 Å². The summed E-state index contributed by atoms with van der Waals surface area (Å²) in [6.45, 7) is 2.48. The molecule has 1 aromatic heterocycles. The molecule has 3 heterocycles. The average Bonchev–Trinajstić information content (AvgIpc) is 2.70. The van der Waals surface area contributed by atoms with E-state index >= 15 is 0 Å². The molecule has 0 unspecified atom stereocenters. The van der Waals surface area contributed by atoms with Gasteiger partial charge in [-0.05, 0) is 49.6 Å². The molecule has 0 spiro atoms. The minimum Gasteiger partial charge on any atom is -0.444 e. The second-order valence-corrected chi connectivity index (χ2v) is 9.84. The molecule has 0 aliphatic carbocycles. The number of hydrogen-bond donors (Lipinski definition) is 0. The number of cyclic esters (lactones) is 1. The number of ether oxygens (including phenoxy) is 1. The fourth-order valence-corrected chi connectivity index (χ4v) is 5.52. The van der Waals surface area contributed by atoms with Crippen molar-refractivity contribution in [2.75, 3.05) is 18.0 Å². The molecule has 4 rings (SSSR count). The number of pyridine rings is 1. The van der Waals surface area contributed by atoms with E-state index in [0.29, 0.717) is 36.5 Å². The van der Waals surface area contributed by atoms with Crippen LogP contribution in [0.1, 0.15) is 24.0 Å². The Bertz CT molecular complexity index is 1070. The number of sulfonamides is 1. The highest BCUT2D eigenvalue weighted by atomic mass is 35.5. The van der Waals surface area contributed by atoms with Gasteiger partial charge in [-0.25, -0.2) is 18.2 Å². The summed E-state index contributed by atoms with van der Waals surface area (Å²) in [7, 11) is -3.68. The number of fused-ring (bicyclic) bond motifs is 1. The Balaban J connectivity index is 1.52. The Labute approximate surface area is 179 Å². The minimum atomic E-state index is -3.68. The maximum absolute atomic E-state index is 13.0. The number of halogens is 2. The predicted octanol–water partition coefficient (Wildman–Crippen LogP) is 4.01. The molecule has 2 aliphatic heterocycles. The summed E-state index contributed by atoms with van der Waals surface area (Å²) in [5.74, 6) is 0. The first-order valence-electron chi connectivity index (χ1n) is 9.14. The molecule has 2 aromatic rings. The Morgan fingerprint density at radius 3 is 2.59 bits per heavy atom. The molecule has 0 bridgehead atoms. The van der Waals surface area contributed by atoms with Crippen LogP contribution in [0.15, 0.2) is 35.4 Å². The molecule has 0 saturated carbocycles. The minimum absolute atomic E-state index is 0.121. The summed E-state index contributed by atoms with van der Waals surface area (Å²) in [5.41, 5.74) is 2.22. The van der Waals surface area contributed by atoms with Crippen LogP contribution in [0.5, 0.6) is 0 Å². The van der Waals surface area contributed by atoms with Crippen molar-refractivity contribution >= 4 is 45.0 Å². The number of anilines is 1. The van der Waals surface area contributed by atoms with Crippen LogP contribution >= 0.6 is 23.2 Å². The van der Waals surface area contributed by atoms with Crippen LogP contribution in [0.3, 0.4) is 0 Å². The van der Waals surface area contributed by atoms with Gasteiger partial charge >= 0.3 is 6.09 Å². The van der Waals surface area contributed by atoms with Crippen molar-refractivity contribution in [1.29, 1.82) is 0 Å². The van der Waals surface area contributed by atoms with Gasteiger partial charge in [0.15, 0.2) is 0 Å². The third-order valence-electron chi connectivity index (χ3n) is 5.26. The monoisotopic (exact) mass is 455 g/mol. The average molecular weight is 456 g/mol. The fourth-order valence-electron chi connectivity index (χ4n) is 3.72. The Morgan fingerprint density at radius 1 is 1.17 bits per heavy atom.